The zero-order valence-corrected chi connectivity index (χ0v) is 15.3. The van der Waals surface area contributed by atoms with Crippen LogP contribution in [0.1, 0.15) is 52.4 Å². The molecule has 134 valence electrons. The molecular weight excluding hydrogens is 314 g/mol. The monoisotopic (exact) mass is 345 g/mol. The van der Waals surface area contributed by atoms with Crippen LogP contribution >= 0.6 is 12.4 Å². The van der Waals surface area contributed by atoms with Crippen LogP contribution in [0.2, 0.25) is 0 Å². The Labute approximate surface area is 146 Å². The summed E-state index contributed by atoms with van der Waals surface area (Å²) in [6, 6.07) is -0.283. The van der Waals surface area contributed by atoms with E-state index in [0.717, 1.165) is 51.9 Å². The van der Waals surface area contributed by atoms with Crippen LogP contribution in [-0.2, 0) is 9.59 Å². The molecular formula is C17H32ClN3O2. The van der Waals surface area contributed by atoms with Gasteiger partial charge < -0.3 is 15.5 Å². The summed E-state index contributed by atoms with van der Waals surface area (Å²) in [6.45, 7) is 7.84. The number of amides is 2. The van der Waals surface area contributed by atoms with Gasteiger partial charge in [0.15, 0.2) is 0 Å². The minimum Gasteiger partial charge on any atom is -0.354 e. The van der Waals surface area contributed by atoms with Crippen molar-refractivity contribution in [1.29, 1.82) is 0 Å². The second kappa shape index (κ2) is 10.1. The SMILES string of the molecule is CC(C)CC(C(=O)NCCC1CCNC1)N1CCCCC1=O.Cl. The maximum atomic E-state index is 12.6. The lowest BCUT2D eigenvalue weighted by atomic mass is 9.98. The van der Waals surface area contributed by atoms with E-state index in [4.69, 9.17) is 0 Å². The van der Waals surface area contributed by atoms with Gasteiger partial charge in [-0.15, -0.1) is 12.4 Å². The molecule has 2 amide bonds. The van der Waals surface area contributed by atoms with Crippen LogP contribution < -0.4 is 10.6 Å². The van der Waals surface area contributed by atoms with Gasteiger partial charge in [0, 0.05) is 19.5 Å². The van der Waals surface area contributed by atoms with Gasteiger partial charge in [0.25, 0.3) is 0 Å². The third-order valence-electron chi connectivity index (χ3n) is 4.75. The molecule has 2 rings (SSSR count). The minimum absolute atomic E-state index is 0. The zero-order chi connectivity index (χ0) is 15.9. The number of rotatable bonds is 7. The first-order valence-corrected chi connectivity index (χ1v) is 8.86. The third-order valence-corrected chi connectivity index (χ3v) is 4.75. The van der Waals surface area contributed by atoms with E-state index in [1.165, 1.54) is 6.42 Å². The van der Waals surface area contributed by atoms with Crippen LogP contribution in [0, 0.1) is 11.8 Å². The number of hydrogen-bond donors (Lipinski definition) is 2. The Bertz CT molecular complexity index is 384. The Balaban J connectivity index is 0.00000264. The summed E-state index contributed by atoms with van der Waals surface area (Å²) in [7, 11) is 0. The van der Waals surface area contributed by atoms with E-state index in [2.05, 4.69) is 24.5 Å². The quantitative estimate of drug-likeness (QED) is 0.741. The molecule has 23 heavy (non-hydrogen) atoms. The fourth-order valence-corrected chi connectivity index (χ4v) is 3.46. The molecule has 0 saturated carbocycles. The summed E-state index contributed by atoms with van der Waals surface area (Å²) in [5.74, 6) is 1.27. The van der Waals surface area contributed by atoms with Crippen molar-refractivity contribution in [2.45, 2.75) is 58.4 Å². The van der Waals surface area contributed by atoms with Gasteiger partial charge in [-0.1, -0.05) is 13.8 Å². The highest BCUT2D eigenvalue weighted by atomic mass is 35.5. The molecule has 2 aliphatic heterocycles. The standard InChI is InChI=1S/C17H31N3O2.ClH/c1-13(2)11-15(20-10-4-3-5-16(20)21)17(22)19-9-7-14-6-8-18-12-14;/h13-15,18H,3-12H2,1-2H3,(H,19,22);1H. The summed E-state index contributed by atoms with van der Waals surface area (Å²) < 4.78 is 0. The highest BCUT2D eigenvalue weighted by molar-refractivity contribution is 5.88. The average molecular weight is 346 g/mol. The Morgan fingerprint density at radius 1 is 1.39 bits per heavy atom. The predicted octanol–water partition coefficient (Wildman–Crippen LogP) is 1.95. The Kier molecular flexibility index (Phi) is 8.92. The molecule has 0 bridgehead atoms. The van der Waals surface area contributed by atoms with Crippen LogP contribution in [0.15, 0.2) is 0 Å². The smallest absolute Gasteiger partial charge is 0.242 e. The molecule has 0 radical (unpaired) electrons. The van der Waals surface area contributed by atoms with Gasteiger partial charge in [-0.25, -0.2) is 0 Å². The molecule has 6 heteroatoms. The molecule has 2 N–H and O–H groups in total. The number of nitrogens with zero attached hydrogens (tertiary/aromatic N) is 1. The number of piperidine rings is 1. The molecule has 2 atom stereocenters. The van der Waals surface area contributed by atoms with Crippen LogP contribution in [0.25, 0.3) is 0 Å². The van der Waals surface area contributed by atoms with E-state index >= 15 is 0 Å². The topological polar surface area (TPSA) is 61.4 Å². The Morgan fingerprint density at radius 2 is 2.17 bits per heavy atom. The molecule has 0 aliphatic carbocycles. The molecule has 2 unspecified atom stereocenters. The van der Waals surface area contributed by atoms with Crippen molar-refractivity contribution < 1.29 is 9.59 Å². The van der Waals surface area contributed by atoms with Crippen LogP contribution in [0.4, 0.5) is 0 Å². The summed E-state index contributed by atoms with van der Waals surface area (Å²) >= 11 is 0. The minimum atomic E-state index is -0.283. The van der Waals surface area contributed by atoms with Crippen molar-refractivity contribution in [2.75, 3.05) is 26.2 Å². The van der Waals surface area contributed by atoms with Gasteiger partial charge in [-0.05, 0) is 57.0 Å². The maximum Gasteiger partial charge on any atom is 0.242 e. The first-order chi connectivity index (χ1) is 10.6. The first-order valence-electron chi connectivity index (χ1n) is 8.86. The Morgan fingerprint density at radius 3 is 2.78 bits per heavy atom. The Hall–Kier alpha value is -0.810. The van der Waals surface area contributed by atoms with Crippen molar-refractivity contribution in [1.82, 2.24) is 15.5 Å². The fourth-order valence-electron chi connectivity index (χ4n) is 3.46. The predicted molar refractivity (Wildman–Crippen MR) is 94.7 cm³/mol. The van der Waals surface area contributed by atoms with Crippen molar-refractivity contribution in [3.8, 4) is 0 Å². The van der Waals surface area contributed by atoms with E-state index in [-0.39, 0.29) is 30.3 Å². The maximum absolute atomic E-state index is 12.6. The second-order valence-electron chi connectivity index (χ2n) is 7.13. The van der Waals surface area contributed by atoms with E-state index in [1.54, 1.807) is 0 Å². The molecule has 0 aromatic carbocycles. The van der Waals surface area contributed by atoms with E-state index in [9.17, 15) is 9.59 Å². The number of halogens is 1. The molecule has 0 aromatic heterocycles. The number of nitrogens with one attached hydrogen (secondary N) is 2. The zero-order valence-electron chi connectivity index (χ0n) is 14.5. The molecule has 0 spiro atoms. The number of hydrogen-bond acceptors (Lipinski definition) is 3. The number of carbonyl (C=O) groups excluding carboxylic acids is 2. The fraction of sp³-hybridized carbons (Fsp3) is 0.882. The van der Waals surface area contributed by atoms with Crippen molar-refractivity contribution >= 4 is 24.2 Å². The van der Waals surface area contributed by atoms with E-state index < -0.39 is 0 Å². The van der Waals surface area contributed by atoms with Crippen LogP contribution in [-0.4, -0.2) is 48.9 Å². The lowest BCUT2D eigenvalue weighted by Gasteiger charge is -2.34. The first kappa shape index (κ1) is 20.2. The average Bonchev–Trinajstić information content (AvgIpc) is 2.98. The highest BCUT2D eigenvalue weighted by Crippen LogP contribution is 2.19. The van der Waals surface area contributed by atoms with Gasteiger partial charge in [0.1, 0.15) is 6.04 Å². The van der Waals surface area contributed by atoms with E-state index in [1.807, 2.05) is 4.90 Å². The normalized spacial score (nSPS) is 22.8. The summed E-state index contributed by atoms with van der Waals surface area (Å²) in [4.78, 5) is 26.5. The molecule has 2 fully saturated rings. The number of likely N-dealkylation sites (tertiary alicyclic amines) is 1. The lowest BCUT2D eigenvalue weighted by molar-refractivity contribution is -0.143. The molecule has 5 nitrogen and oxygen atoms in total. The van der Waals surface area contributed by atoms with Gasteiger partial charge in [-0.2, -0.15) is 0 Å². The van der Waals surface area contributed by atoms with Crippen LogP contribution in [0.5, 0.6) is 0 Å². The van der Waals surface area contributed by atoms with Crippen LogP contribution in [0.3, 0.4) is 0 Å². The van der Waals surface area contributed by atoms with E-state index in [0.29, 0.717) is 18.3 Å². The highest BCUT2D eigenvalue weighted by Gasteiger charge is 2.31. The molecule has 2 aliphatic rings. The van der Waals surface area contributed by atoms with Crippen molar-refractivity contribution in [3.63, 3.8) is 0 Å². The molecule has 2 heterocycles. The van der Waals surface area contributed by atoms with Gasteiger partial charge >= 0.3 is 0 Å². The largest absolute Gasteiger partial charge is 0.354 e. The van der Waals surface area contributed by atoms with Crippen molar-refractivity contribution in [3.05, 3.63) is 0 Å². The second-order valence-corrected chi connectivity index (χ2v) is 7.13. The van der Waals surface area contributed by atoms with Gasteiger partial charge in [-0.3, -0.25) is 9.59 Å². The lowest BCUT2D eigenvalue weighted by Crippen LogP contribution is -2.52. The third kappa shape index (κ3) is 6.30. The summed E-state index contributed by atoms with van der Waals surface area (Å²) in [5.41, 5.74) is 0. The number of carbonyl (C=O) groups is 2. The van der Waals surface area contributed by atoms with Crippen molar-refractivity contribution in [2.24, 2.45) is 11.8 Å². The summed E-state index contributed by atoms with van der Waals surface area (Å²) in [6.07, 6.45) is 5.55. The summed E-state index contributed by atoms with van der Waals surface area (Å²) in [5, 5.41) is 6.42. The van der Waals surface area contributed by atoms with Gasteiger partial charge in [0.05, 0.1) is 0 Å². The molecule has 2 saturated heterocycles. The van der Waals surface area contributed by atoms with Gasteiger partial charge in [0.2, 0.25) is 11.8 Å². The molecule has 0 aromatic rings.